The molecule has 1 aromatic rings. The van der Waals surface area contributed by atoms with E-state index in [1.165, 1.54) is 0 Å². The molecule has 5 heteroatoms. The fourth-order valence-corrected chi connectivity index (χ4v) is 3.11. The number of unbranched alkanes of at least 4 members (excludes halogenated alkanes) is 2. The smallest absolute Gasteiger partial charge is 0.219 e. The molecule has 0 bridgehead atoms. The maximum Gasteiger partial charge on any atom is 0.219 e. The molecule has 0 aliphatic rings. The summed E-state index contributed by atoms with van der Waals surface area (Å²) < 4.78 is 24.0. The third-order valence-electron chi connectivity index (χ3n) is 2.98. The molecule has 0 aromatic heterocycles. The summed E-state index contributed by atoms with van der Waals surface area (Å²) in [6, 6.07) is 6.90. The van der Waals surface area contributed by atoms with E-state index in [1.54, 1.807) is 31.3 Å². The van der Waals surface area contributed by atoms with Crippen molar-refractivity contribution < 1.29 is 13.2 Å². The highest BCUT2D eigenvalue weighted by Gasteiger charge is 2.13. The molecule has 0 radical (unpaired) electrons. The van der Waals surface area contributed by atoms with Crippen LogP contribution in [-0.2, 0) is 14.6 Å². The second-order valence-electron chi connectivity index (χ2n) is 4.62. The van der Waals surface area contributed by atoms with Crippen molar-refractivity contribution in [1.82, 2.24) is 5.32 Å². The van der Waals surface area contributed by atoms with Gasteiger partial charge in [0.15, 0.2) is 9.84 Å². The summed E-state index contributed by atoms with van der Waals surface area (Å²) in [5.41, 5.74) is 1.05. The van der Waals surface area contributed by atoms with Crippen molar-refractivity contribution in [3.05, 3.63) is 29.8 Å². The van der Waals surface area contributed by atoms with Gasteiger partial charge in [0, 0.05) is 13.5 Å². The Hall–Kier alpha value is -1.36. The molecule has 0 saturated heterocycles. The number of hydrogen-bond donors (Lipinski definition) is 1. The Morgan fingerprint density at radius 3 is 2.32 bits per heavy atom. The topological polar surface area (TPSA) is 63.2 Å². The summed E-state index contributed by atoms with van der Waals surface area (Å²) >= 11 is 0. The Morgan fingerprint density at radius 1 is 1.11 bits per heavy atom. The first-order chi connectivity index (χ1) is 8.95. The molecule has 0 spiro atoms. The van der Waals surface area contributed by atoms with Gasteiger partial charge in [-0.05, 0) is 31.9 Å². The first-order valence-electron chi connectivity index (χ1n) is 6.46. The first kappa shape index (κ1) is 15.7. The van der Waals surface area contributed by atoms with Gasteiger partial charge in [0.1, 0.15) is 0 Å². The van der Waals surface area contributed by atoms with Gasteiger partial charge in [0.05, 0.1) is 10.6 Å². The number of aryl methyl sites for hydroxylation is 1. The van der Waals surface area contributed by atoms with E-state index in [4.69, 9.17) is 0 Å². The Morgan fingerprint density at radius 2 is 1.74 bits per heavy atom. The van der Waals surface area contributed by atoms with Crippen LogP contribution < -0.4 is 5.32 Å². The van der Waals surface area contributed by atoms with Gasteiger partial charge in [-0.1, -0.05) is 24.1 Å². The minimum Gasteiger partial charge on any atom is -0.359 e. The van der Waals surface area contributed by atoms with Crippen LogP contribution in [0.15, 0.2) is 29.2 Å². The molecule has 0 saturated carbocycles. The Kier molecular flexibility index (Phi) is 6.02. The zero-order valence-electron chi connectivity index (χ0n) is 11.5. The summed E-state index contributed by atoms with van der Waals surface area (Å²) in [5.74, 6) is 0.144. The van der Waals surface area contributed by atoms with Crippen LogP contribution in [0.25, 0.3) is 0 Å². The van der Waals surface area contributed by atoms with E-state index < -0.39 is 9.84 Å². The van der Waals surface area contributed by atoms with Crippen LogP contribution in [0.4, 0.5) is 0 Å². The quantitative estimate of drug-likeness (QED) is 0.779. The van der Waals surface area contributed by atoms with Crippen molar-refractivity contribution in [3.8, 4) is 0 Å². The fourth-order valence-electron chi connectivity index (χ4n) is 1.74. The second-order valence-corrected chi connectivity index (χ2v) is 6.72. The number of hydrogen-bond acceptors (Lipinski definition) is 3. The molecule has 19 heavy (non-hydrogen) atoms. The third kappa shape index (κ3) is 5.42. The fraction of sp³-hybridized carbons (Fsp3) is 0.500. The van der Waals surface area contributed by atoms with Crippen molar-refractivity contribution in [3.63, 3.8) is 0 Å². The summed E-state index contributed by atoms with van der Waals surface area (Å²) in [7, 11) is -1.58. The zero-order valence-corrected chi connectivity index (χ0v) is 12.3. The summed E-state index contributed by atoms with van der Waals surface area (Å²) in [5, 5.41) is 2.55. The predicted molar refractivity (Wildman–Crippen MR) is 75.8 cm³/mol. The van der Waals surface area contributed by atoms with Crippen molar-refractivity contribution in [1.29, 1.82) is 0 Å². The minimum atomic E-state index is -3.18. The number of nitrogens with one attached hydrogen (secondary N) is 1. The molecule has 1 rings (SSSR count). The SMILES string of the molecule is CNC(=O)CCCCCS(=O)(=O)c1ccc(C)cc1. The van der Waals surface area contributed by atoms with Gasteiger partial charge >= 0.3 is 0 Å². The van der Waals surface area contributed by atoms with Gasteiger partial charge < -0.3 is 5.32 Å². The zero-order chi connectivity index (χ0) is 14.3. The highest BCUT2D eigenvalue weighted by molar-refractivity contribution is 7.91. The van der Waals surface area contributed by atoms with Gasteiger partial charge in [-0.3, -0.25) is 4.79 Å². The maximum absolute atomic E-state index is 12.0. The van der Waals surface area contributed by atoms with Crippen molar-refractivity contribution >= 4 is 15.7 Å². The molecule has 106 valence electrons. The molecule has 0 atom stereocenters. The van der Waals surface area contributed by atoms with Crippen LogP contribution in [0, 0.1) is 6.92 Å². The van der Waals surface area contributed by atoms with E-state index in [0.29, 0.717) is 17.7 Å². The highest BCUT2D eigenvalue weighted by atomic mass is 32.2. The molecule has 1 aromatic carbocycles. The number of sulfone groups is 1. The van der Waals surface area contributed by atoms with E-state index in [1.807, 2.05) is 6.92 Å². The van der Waals surface area contributed by atoms with E-state index in [9.17, 15) is 13.2 Å². The molecule has 0 aliphatic heterocycles. The molecule has 1 amide bonds. The molecule has 4 nitrogen and oxygen atoms in total. The normalized spacial score (nSPS) is 11.3. The summed E-state index contributed by atoms with van der Waals surface area (Å²) in [6.45, 7) is 1.93. The summed E-state index contributed by atoms with van der Waals surface area (Å²) in [4.78, 5) is 11.4. The average molecular weight is 283 g/mol. The number of amides is 1. The van der Waals surface area contributed by atoms with E-state index in [2.05, 4.69) is 5.32 Å². The lowest BCUT2D eigenvalue weighted by molar-refractivity contribution is -0.120. The van der Waals surface area contributed by atoms with Crippen LogP contribution in [0.1, 0.15) is 31.2 Å². The first-order valence-corrected chi connectivity index (χ1v) is 8.11. The number of rotatable bonds is 7. The molecule has 0 unspecified atom stereocenters. The molecule has 0 heterocycles. The maximum atomic E-state index is 12.0. The molecular weight excluding hydrogens is 262 g/mol. The van der Waals surface area contributed by atoms with Gasteiger partial charge in [-0.25, -0.2) is 8.42 Å². The number of carbonyl (C=O) groups excluding carboxylic acids is 1. The van der Waals surface area contributed by atoms with Gasteiger partial charge in [-0.2, -0.15) is 0 Å². The standard InChI is InChI=1S/C14H21NO3S/c1-12-7-9-13(10-8-12)19(17,18)11-5-3-4-6-14(16)15-2/h7-10H,3-6,11H2,1-2H3,(H,15,16). The lowest BCUT2D eigenvalue weighted by Gasteiger charge is -2.05. The predicted octanol–water partition coefficient (Wildman–Crippen LogP) is 2.08. The van der Waals surface area contributed by atoms with E-state index >= 15 is 0 Å². The lowest BCUT2D eigenvalue weighted by atomic mass is 10.2. The van der Waals surface area contributed by atoms with Crippen LogP contribution in [0.2, 0.25) is 0 Å². The van der Waals surface area contributed by atoms with Gasteiger partial charge in [-0.15, -0.1) is 0 Å². The monoisotopic (exact) mass is 283 g/mol. The second kappa shape index (κ2) is 7.28. The van der Waals surface area contributed by atoms with Crippen molar-refractivity contribution in [2.45, 2.75) is 37.5 Å². The molecular formula is C14H21NO3S. The molecule has 0 fully saturated rings. The Labute approximate surface area is 115 Å². The number of benzene rings is 1. The van der Waals surface area contributed by atoms with Gasteiger partial charge in [0.2, 0.25) is 5.91 Å². The van der Waals surface area contributed by atoms with Crippen LogP contribution in [0.3, 0.4) is 0 Å². The minimum absolute atomic E-state index is 0.00129. The van der Waals surface area contributed by atoms with E-state index in [-0.39, 0.29) is 11.7 Å². The number of carbonyl (C=O) groups is 1. The Balaban J connectivity index is 2.39. The third-order valence-corrected chi connectivity index (χ3v) is 4.79. The lowest BCUT2D eigenvalue weighted by Crippen LogP contribution is -2.17. The summed E-state index contributed by atoms with van der Waals surface area (Å²) in [6.07, 6.45) is 2.52. The van der Waals surface area contributed by atoms with Crippen LogP contribution in [-0.4, -0.2) is 27.1 Å². The van der Waals surface area contributed by atoms with Crippen molar-refractivity contribution in [2.75, 3.05) is 12.8 Å². The van der Waals surface area contributed by atoms with Crippen LogP contribution in [0.5, 0.6) is 0 Å². The Bertz CT molecular complexity index is 506. The van der Waals surface area contributed by atoms with Gasteiger partial charge in [0.25, 0.3) is 0 Å². The van der Waals surface area contributed by atoms with Crippen molar-refractivity contribution in [2.24, 2.45) is 0 Å². The molecule has 0 aliphatic carbocycles. The molecule has 1 N–H and O–H groups in total. The highest BCUT2D eigenvalue weighted by Crippen LogP contribution is 2.14. The largest absolute Gasteiger partial charge is 0.359 e. The van der Waals surface area contributed by atoms with Crippen LogP contribution >= 0.6 is 0 Å². The average Bonchev–Trinajstić information content (AvgIpc) is 2.38. The van der Waals surface area contributed by atoms with E-state index in [0.717, 1.165) is 18.4 Å².